The molecule has 4 amide bonds. The Kier molecular flexibility index (Phi) is 13.0. The highest BCUT2D eigenvalue weighted by Gasteiger charge is 2.47. The van der Waals surface area contributed by atoms with Crippen LogP contribution < -0.4 is 21.3 Å². The average Bonchev–Trinajstić information content (AvgIpc) is 3.92. The number of nitrogens with one attached hydrogen (secondary N) is 4. The van der Waals surface area contributed by atoms with Gasteiger partial charge in [0.05, 0.1) is 56.2 Å². The number of anilines is 2. The lowest BCUT2D eigenvalue weighted by Gasteiger charge is -2.24. The van der Waals surface area contributed by atoms with E-state index in [2.05, 4.69) is 21.3 Å². The molecule has 2 aliphatic heterocycles. The van der Waals surface area contributed by atoms with Crippen LogP contribution in [0, 0.1) is 0 Å². The van der Waals surface area contributed by atoms with Crippen LogP contribution in [0.25, 0.3) is 0 Å². The Labute approximate surface area is 333 Å². The number of hydrogen-bond donors (Lipinski definition) is 6. The van der Waals surface area contributed by atoms with E-state index < -0.39 is 62.5 Å². The maximum Gasteiger partial charge on any atom is 0.319 e. The quantitative estimate of drug-likeness (QED) is 0.153. The van der Waals surface area contributed by atoms with Crippen molar-refractivity contribution in [3.63, 3.8) is 0 Å². The number of sulfone groups is 2. The number of urea groups is 2. The van der Waals surface area contributed by atoms with Gasteiger partial charge < -0.3 is 41.0 Å². The smallest absolute Gasteiger partial charge is 0.319 e. The topological polar surface area (TPSA) is 209 Å². The Morgan fingerprint density at radius 3 is 1.35 bits per heavy atom. The summed E-state index contributed by atoms with van der Waals surface area (Å²) in [5.41, 5.74) is -0.118. The first kappa shape index (κ1) is 42.2. The van der Waals surface area contributed by atoms with Crippen LogP contribution >= 0.6 is 46.4 Å². The van der Waals surface area contributed by atoms with Crippen molar-refractivity contribution in [1.29, 1.82) is 0 Å². The van der Waals surface area contributed by atoms with Gasteiger partial charge >= 0.3 is 12.1 Å². The summed E-state index contributed by atoms with van der Waals surface area (Å²) in [4.78, 5) is 23.6. The normalized spacial score (nSPS) is 25.3. The first-order valence-electron chi connectivity index (χ1n) is 16.8. The molecule has 6 N–H and O–H groups in total. The summed E-state index contributed by atoms with van der Waals surface area (Å²) < 4.78 is 60.4. The van der Waals surface area contributed by atoms with E-state index in [1.54, 1.807) is 13.8 Å². The molecule has 2 aromatic rings. The van der Waals surface area contributed by atoms with Gasteiger partial charge in [-0.05, 0) is 76.6 Å². The van der Waals surface area contributed by atoms with E-state index in [1.807, 2.05) is 12.2 Å². The van der Waals surface area contributed by atoms with Crippen LogP contribution in [0.5, 0.6) is 11.5 Å². The number of carbonyl (C=O) groups is 2. The first-order valence-corrected chi connectivity index (χ1v) is 21.3. The number of allylic oxidation sites excluding steroid dienone is 2. The lowest BCUT2D eigenvalue weighted by atomic mass is 10.1. The number of rotatable bonds is 8. The Morgan fingerprint density at radius 1 is 0.685 bits per heavy atom. The second-order valence-corrected chi connectivity index (χ2v) is 20.2. The van der Waals surface area contributed by atoms with Gasteiger partial charge in [-0.3, -0.25) is 0 Å². The molecule has 0 radical (unpaired) electrons. The van der Waals surface area contributed by atoms with Gasteiger partial charge in [0, 0.05) is 23.3 Å². The molecule has 2 fully saturated rings. The molecule has 0 unspecified atom stereocenters. The summed E-state index contributed by atoms with van der Waals surface area (Å²) in [5, 5.41) is 32.2. The molecule has 296 valence electrons. The molecule has 2 heterocycles. The Bertz CT molecular complexity index is 1940. The Morgan fingerprint density at radius 2 is 1.06 bits per heavy atom. The summed E-state index contributed by atoms with van der Waals surface area (Å²) in [7, 11) is -8.00. The lowest BCUT2D eigenvalue weighted by molar-refractivity contribution is 0.191. The average molecular weight is 871 g/mol. The highest BCUT2D eigenvalue weighted by atomic mass is 35.5. The fourth-order valence-corrected chi connectivity index (χ4v) is 11.3. The van der Waals surface area contributed by atoms with E-state index in [-0.39, 0.29) is 59.6 Å². The fraction of sp³-hybridized carbons (Fsp3) is 0.471. The van der Waals surface area contributed by atoms with E-state index >= 15 is 0 Å². The van der Waals surface area contributed by atoms with Crippen molar-refractivity contribution < 1.29 is 46.1 Å². The van der Waals surface area contributed by atoms with Crippen molar-refractivity contribution in [2.75, 3.05) is 37.1 Å². The van der Waals surface area contributed by atoms with Crippen molar-refractivity contribution in [2.24, 2.45) is 0 Å². The third-order valence-electron chi connectivity index (χ3n) is 9.73. The zero-order chi connectivity index (χ0) is 39.6. The predicted molar refractivity (Wildman–Crippen MR) is 207 cm³/mol. The van der Waals surface area contributed by atoms with E-state index in [1.165, 1.54) is 24.3 Å². The Balaban J connectivity index is 0.000000208. The highest BCUT2D eigenvalue weighted by Crippen LogP contribution is 2.45. The van der Waals surface area contributed by atoms with Gasteiger partial charge in [-0.25, -0.2) is 26.4 Å². The monoisotopic (exact) mass is 868 g/mol. The van der Waals surface area contributed by atoms with Crippen molar-refractivity contribution in [3.8, 4) is 11.5 Å². The van der Waals surface area contributed by atoms with Gasteiger partial charge in [0.15, 0.2) is 31.2 Å². The van der Waals surface area contributed by atoms with Crippen LogP contribution in [0.15, 0.2) is 56.3 Å². The van der Waals surface area contributed by atoms with Crippen molar-refractivity contribution in [1.82, 2.24) is 10.6 Å². The number of hydrogen-bond acceptors (Lipinski definition) is 10. The van der Waals surface area contributed by atoms with E-state index in [9.17, 15) is 36.6 Å². The molecular formula is C34H40Cl4N4O10S2. The summed E-state index contributed by atoms with van der Waals surface area (Å²) >= 11 is 24.2. The van der Waals surface area contributed by atoms with E-state index in [4.69, 9.17) is 55.9 Å². The minimum atomic E-state index is -4.00. The predicted octanol–water partition coefficient (Wildman–Crippen LogP) is 6.81. The van der Waals surface area contributed by atoms with Gasteiger partial charge in [0.1, 0.15) is 9.79 Å². The molecule has 2 aromatic carbocycles. The number of aromatic hydroxyl groups is 2. The minimum absolute atomic E-state index is 0.00968. The van der Waals surface area contributed by atoms with Crippen molar-refractivity contribution in [3.05, 3.63) is 56.5 Å². The van der Waals surface area contributed by atoms with E-state index in [0.717, 1.165) is 12.8 Å². The summed E-state index contributed by atoms with van der Waals surface area (Å²) in [6.45, 7) is 3.73. The molecule has 14 nitrogen and oxygen atoms in total. The van der Waals surface area contributed by atoms with Crippen LogP contribution in [0.1, 0.15) is 52.4 Å². The van der Waals surface area contributed by atoms with Crippen LogP contribution in [0.2, 0.25) is 10.0 Å². The highest BCUT2D eigenvalue weighted by molar-refractivity contribution is 7.93. The van der Waals surface area contributed by atoms with Crippen LogP contribution in [-0.4, -0.2) is 87.1 Å². The minimum Gasteiger partial charge on any atom is -0.504 e. The number of carbonyl (C=O) groups excluding carboxylic acids is 2. The number of halogens is 4. The van der Waals surface area contributed by atoms with E-state index in [0.29, 0.717) is 36.1 Å². The third kappa shape index (κ3) is 8.55. The number of phenols is 2. The van der Waals surface area contributed by atoms with Gasteiger partial charge in [0.25, 0.3) is 0 Å². The SMILES string of the molecule is C[C@@]1(S(=O)(=O)c2c(Cl)ccc(NC(=O)N[C@@H]3CCC=C3Cl)c2O)CCOC1.C[C@]1(S(=O)(=O)c2c(Cl)ccc(NC(=O)N[C@@H]3CCC=C3Cl)c2O)CCOC1. The molecule has 0 saturated carbocycles. The summed E-state index contributed by atoms with van der Waals surface area (Å²) in [5.74, 6) is -1.20. The third-order valence-corrected chi connectivity index (χ3v) is 16.6. The maximum absolute atomic E-state index is 13.1. The molecule has 0 spiro atoms. The lowest BCUT2D eigenvalue weighted by Crippen LogP contribution is -2.37. The number of amides is 4. The second-order valence-electron chi connectivity index (χ2n) is 13.7. The van der Waals surface area contributed by atoms with Crippen LogP contribution in [-0.2, 0) is 29.1 Å². The molecule has 0 aromatic heterocycles. The molecule has 20 heteroatoms. The maximum atomic E-state index is 13.1. The zero-order valence-corrected chi connectivity index (χ0v) is 33.8. The standard InChI is InChI=1S/2C17H20Cl2N2O5S/c2*1-17(7-8-26-9-17)27(24,25)15-11(19)5-6-13(14(15)22)21-16(23)20-12-4-2-3-10(12)18/h2*3,5-6,12,22H,2,4,7-9H2,1H3,(H2,20,21,23)/t12-,17+;12-,17-/m11/s1. The molecule has 4 atom stereocenters. The molecule has 0 bridgehead atoms. The van der Waals surface area contributed by atoms with Crippen molar-refractivity contribution >= 4 is 89.5 Å². The molecule has 4 aliphatic rings. The fourth-order valence-electron chi connectivity index (χ4n) is 6.27. The Hall–Kier alpha value is -2.96. The number of ether oxygens (including phenoxy) is 2. The van der Waals surface area contributed by atoms with Gasteiger partial charge in [-0.15, -0.1) is 0 Å². The van der Waals surface area contributed by atoms with Crippen molar-refractivity contribution in [2.45, 2.75) is 83.7 Å². The second kappa shape index (κ2) is 16.6. The van der Waals surface area contributed by atoms with Gasteiger partial charge in [-0.1, -0.05) is 58.6 Å². The molecule has 54 heavy (non-hydrogen) atoms. The summed E-state index contributed by atoms with van der Waals surface area (Å²) in [6.07, 6.45) is 7.10. The van der Waals surface area contributed by atoms with Crippen LogP contribution in [0.4, 0.5) is 21.0 Å². The first-order chi connectivity index (χ1) is 25.3. The van der Waals surface area contributed by atoms with Crippen LogP contribution in [0.3, 0.4) is 0 Å². The molecular weight excluding hydrogens is 830 g/mol. The molecule has 6 rings (SSSR count). The largest absolute Gasteiger partial charge is 0.504 e. The zero-order valence-electron chi connectivity index (χ0n) is 29.2. The summed E-state index contributed by atoms with van der Waals surface area (Å²) in [6, 6.07) is 3.51. The molecule has 2 saturated heterocycles. The van der Waals surface area contributed by atoms with Gasteiger partial charge in [0.2, 0.25) is 0 Å². The number of benzene rings is 2. The number of phenolic OH excluding ortho intramolecular Hbond substituents is 2. The molecule has 2 aliphatic carbocycles. The van der Waals surface area contributed by atoms with Gasteiger partial charge in [-0.2, -0.15) is 0 Å².